The molecular formula is C26H32ClN3O8S. The number of ether oxygens (including phenoxy) is 3. The number of halogens is 1. The fraction of sp³-hybridized carbons (Fsp3) is 0.423. The predicted molar refractivity (Wildman–Crippen MR) is 143 cm³/mol. The molecule has 0 saturated carbocycles. The summed E-state index contributed by atoms with van der Waals surface area (Å²) in [5.41, 5.74) is 2.30. The van der Waals surface area contributed by atoms with Crippen LogP contribution in [0.4, 0.5) is 0 Å². The van der Waals surface area contributed by atoms with Crippen LogP contribution in [0, 0.1) is 0 Å². The van der Waals surface area contributed by atoms with Gasteiger partial charge in [0.1, 0.15) is 29.9 Å². The summed E-state index contributed by atoms with van der Waals surface area (Å²) in [6.07, 6.45) is 3.38. The Labute approximate surface area is 232 Å². The molecule has 1 saturated heterocycles. The van der Waals surface area contributed by atoms with Crippen LogP contribution in [0.3, 0.4) is 0 Å². The minimum atomic E-state index is -4.11. The molecule has 1 fully saturated rings. The maximum Gasteiger partial charge on any atom is 0.336 e. The summed E-state index contributed by atoms with van der Waals surface area (Å²) in [5.74, 6) is -1.27. The minimum absolute atomic E-state index is 0. The third-order valence-electron chi connectivity index (χ3n) is 6.51. The maximum absolute atomic E-state index is 13.4. The van der Waals surface area contributed by atoms with Crippen LogP contribution in [0.2, 0.25) is 5.15 Å². The van der Waals surface area contributed by atoms with Crippen molar-refractivity contribution in [2.75, 3.05) is 25.5 Å². The van der Waals surface area contributed by atoms with Crippen LogP contribution in [-0.4, -0.2) is 66.3 Å². The smallest absolute Gasteiger partial charge is 0.336 e. The zero-order valence-corrected chi connectivity index (χ0v) is 23.1. The van der Waals surface area contributed by atoms with Gasteiger partial charge in [0.15, 0.2) is 0 Å². The van der Waals surface area contributed by atoms with E-state index in [2.05, 4.69) is 4.98 Å². The van der Waals surface area contributed by atoms with Gasteiger partial charge in [0.2, 0.25) is 5.91 Å². The summed E-state index contributed by atoms with van der Waals surface area (Å²) in [4.78, 5) is 32.3. The molecule has 0 spiro atoms. The van der Waals surface area contributed by atoms with Crippen molar-refractivity contribution < 1.29 is 36.8 Å². The first-order valence-corrected chi connectivity index (χ1v) is 14.2. The van der Waals surface area contributed by atoms with Crippen LogP contribution in [0.1, 0.15) is 43.2 Å². The van der Waals surface area contributed by atoms with Crippen molar-refractivity contribution in [3.05, 3.63) is 70.1 Å². The highest BCUT2D eigenvalue weighted by molar-refractivity contribution is 7.85. The van der Waals surface area contributed by atoms with Crippen molar-refractivity contribution in [3.8, 4) is 5.75 Å². The SMILES string of the molecule is CC1=C(C(=O)OCc2ccc(OCCS(=O)(=O)O)cc2)[C@H](c2ccc(Cl)nc2)CC(=O)N1C[C@H]1CCCO1.N. The highest BCUT2D eigenvalue weighted by Gasteiger charge is 2.38. The van der Waals surface area contributed by atoms with Gasteiger partial charge in [-0.25, -0.2) is 9.78 Å². The largest absolute Gasteiger partial charge is 0.492 e. The van der Waals surface area contributed by atoms with Crippen LogP contribution in [0.15, 0.2) is 53.9 Å². The van der Waals surface area contributed by atoms with E-state index in [1.165, 1.54) is 0 Å². The molecule has 2 aromatic rings. The summed E-state index contributed by atoms with van der Waals surface area (Å²) >= 11 is 5.95. The van der Waals surface area contributed by atoms with E-state index < -0.39 is 27.8 Å². The van der Waals surface area contributed by atoms with Crippen LogP contribution < -0.4 is 10.9 Å². The van der Waals surface area contributed by atoms with E-state index in [4.69, 9.17) is 30.4 Å². The van der Waals surface area contributed by atoms with Crippen LogP contribution in [-0.2, 0) is 35.8 Å². The Balaban J connectivity index is 0.00000420. The molecule has 0 aliphatic carbocycles. The van der Waals surface area contributed by atoms with Gasteiger partial charge in [0.05, 0.1) is 18.2 Å². The number of allylic oxidation sites excluding steroid dienone is 1. The quantitative estimate of drug-likeness (QED) is 0.240. The molecule has 2 aliphatic heterocycles. The Bertz CT molecular complexity index is 1290. The van der Waals surface area contributed by atoms with Crippen molar-refractivity contribution in [3.63, 3.8) is 0 Å². The lowest BCUT2D eigenvalue weighted by molar-refractivity contribution is -0.141. The van der Waals surface area contributed by atoms with Crippen molar-refractivity contribution in [2.24, 2.45) is 0 Å². The second-order valence-corrected chi connectivity index (χ2v) is 11.1. The number of pyridine rings is 1. The molecule has 1 aromatic heterocycles. The molecule has 39 heavy (non-hydrogen) atoms. The number of rotatable bonds is 10. The van der Waals surface area contributed by atoms with E-state index in [-0.39, 0.29) is 37.8 Å². The van der Waals surface area contributed by atoms with Crippen LogP contribution in [0.5, 0.6) is 5.75 Å². The molecule has 1 aromatic carbocycles. The first kappa shape index (κ1) is 30.5. The fourth-order valence-corrected chi connectivity index (χ4v) is 4.95. The van der Waals surface area contributed by atoms with E-state index >= 15 is 0 Å². The molecule has 0 bridgehead atoms. The molecule has 212 valence electrons. The van der Waals surface area contributed by atoms with Gasteiger partial charge in [0, 0.05) is 30.8 Å². The summed E-state index contributed by atoms with van der Waals surface area (Å²) in [6.45, 7) is 2.58. The fourth-order valence-electron chi connectivity index (χ4n) is 4.54. The zero-order valence-electron chi connectivity index (χ0n) is 21.5. The third kappa shape index (κ3) is 8.23. The van der Waals surface area contributed by atoms with Gasteiger partial charge in [-0.2, -0.15) is 8.42 Å². The van der Waals surface area contributed by atoms with Crippen molar-refractivity contribution in [1.29, 1.82) is 0 Å². The second-order valence-electron chi connectivity index (χ2n) is 9.16. The topological polar surface area (TPSA) is 167 Å². The van der Waals surface area contributed by atoms with E-state index in [0.29, 0.717) is 46.5 Å². The number of aromatic nitrogens is 1. The number of carbonyl (C=O) groups is 2. The van der Waals surface area contributed by atoms with Crippen molar-refractivity contribution in [1.82, 2.24) is 16.0 Å². The zero-order chi connectivity index (χ0) is 27.3. The number of nitrogens with zero attached hydrogens (tertiary/aromatic N) is 2. The molecule has 2 aliphatic rings. The van der Waals surface area contributed by atoms with Gasteiger partial charge in [-0.3, -0.25) is 9.35 Å². The summed E-state index contributed by atoms with van der Waals surface area (Å²) < 4.78 is 47.1. The average Bonchev–Trinajstić information content (AvgIpc) is 3.39. The first-order chi connectivity index (χ1) is 18.1. The number of benzene rings is 1. The molecule has 13 heteroatoms. The number of hydrogen-bond acceptors (Lipinski definition) is 9. The third-order valence-corrected chi connectivity index (χ3v) is 7.42. The van der Waals surface area contributed by atoms with Gasteiger partial charge in [-0.05, 0) is 49.1 Å². The lowest BCUT2D eigenvalue weighted by atomic mass is 9.84. The molecule has 2 atom stereocenters. The summed E-state index contributed by atoms with van der Waals surface area (Å²) in [7, 11) is -4.11. The van der Waals surface area contributed by atoms with Gasteiger partial charge in [-0.1, -0.05) is 29.8 Å². The Morgan fingerprint density at radius 2 is 1.97 bits per heavy atom. The standard InChI is InChI=1S/C26H29ClN2O8S.H3N/c1-17-25(26(31)37-16-18-4-7-20(8-5-18)36-11-12-38(32,33)34)22(19-6-9-23(27)28-14-19)13-24(30)29(17)15-21-3-2-10-35-21;/h4-9,14,21-22H,2-3,10-13,15-16H2,1H3,(H,32,33,34);1H3/t21-,22+;/m1./s1. The van der Waals surface area contributed by atoms with Gasteiger partial charge in [-0.15, -0.1) is 0 Å². The van der Waals surface area contributed by atoms with Crippen LogP contribution in [0.25, 0.3) is 0 Å². The number of hydrogen-bond donors (Lipinski definition) is 2. The molecule has 3 heterocycles. The molecule has 0 unspecified atom stereocenters. The van der Waals surface area contributed by atoms with Crippen molar-refractivity contribution >= 4 is 33.6 Å². The number of amides is 1. The van der Waals surface area contributed by atoms with Crippen LogP contribution >= 0.6 is 11.6 Å². The van der Waals surface area contributed by atoms with Gasteiger partial charge >= 0.3 is 5.97 Å². The molecule has 11 nitrogen and oxygen atoms in total. The lowest BCUT2D eigenvalue weighted by Gasteiger charge is -2.35. The second kappa shape index (κ2) is 13.4. The summed E-state index contributed by atoms with van der Waals surface area (Å²) in [5, 5.41) is 0.311. The highest BCUT2D eigenvalue weighted by Crippen LogP contribution is 2.37. The molecule has 0 radical (unpaired) electrons. The number of carbonyl (C=O) groups excluding carboxylic acids is 2. The molecule has 4 N–H and O–H groups in total. The van der Waals surface area contributed by atoms with E-state index in [9.17, 15) is 18.0 Å². The Morgan fingerprint density at radius 3 is 2.59 bits per heavy atom. The van der Waals surface area contributed by atoms with Gasteiger partial charge < -0.3 is 25.3 Å². The monoisotopic (exact) mass is 581 g/mol. The lowest BCUT2D eigenvalue weighted by Crippen LogP contribution is -2.42. The Kier molecular flexibility index (Phi) is 10.4. The summed E-state index contributed by atoms with van der Waals surface area (Å²) in [6, 6.07) is 9.98. The van der Waals surface area contributed by atoms with E-state index in [0.717, 1.165) is 12.8 Å². The van der Waals surface area contributed by atoms with Gasteiger partial charge in [0.25, 0.3) is 10.1 Å². The number of esters is 1. The van der Waals surface area contributed by atoms with E-state index in [1.54, 1.807) is 54.4 Å². The molecule has 4 rings (SSSR count). The van der Waals surface area contributed by atoms with Crippen molar-refractivity contribution in [2.45, 2.75) is 44.8 Å². The Morgan fingerprint density at radius 1 is 1.23 bits per heavy atom. The van der Waals surface area contributed by atoms with E-state index in [1.807, 2.05) is 0 Å². The minimum Gasteiger partial charge on any atom is -0.492 e. The average molecular weight is 582 g/mol. The maximum atomic E-state index is 13.4. The first-order valence-electron chi connectivity index (χ1n) is 12.2. The molecule has 1 amide bonds. The molecular weight excluding hydrogens is 550 g/mol. The Hall–Kier alpha value is -3.03. The normalized spacial score (nSPS) is 19.6. The predicted octanol–water partition coefficient (Wildman–Crippen LogP) is 3.68. The highest BCUT2D eigenvalue weighted by atomic mass is 35.5.